The fraction of sp³-hybridized carbons (Fsp3) is 0.357. The summed E-state index contributed by atoms with van der Waals surface area (Å²) in [6, 6.07) is 5.19. The van der Waals surface area contributed by atoms with E-state index in [4.69, 9.17) is 9.47 Å². The summed E-state index contributed by atoms with van der Waals surface area (Å²) in [7, 11) is 1.56. The van der Waals surface area contributed by atoms with Gasteiger partial charge in [0.1, 0.15) is 0 Å². The summed E-state index contributed by atoms with van der Waals surface area (Å²) in [5.74, 6) is 1.25. The summed E-state index contributed by atoms with van der Waals surface area (Å²) in [5.41, 5.74) is 1.69. The maximum absolute atomic E-state index is 11.2. The summed E-state index contributed by atoms with van der Waals surface area (Å²) in [6.07, 6.45) is 0.803. The van der Waals surface area contributed by atoms with Crippen molar-refractivity contribution in [3.8, 4) is 11.5 Å². The number of ether oxygens (including phenoxy) is 2. The highest BCUT2D eigenvalue weighted by Crippen LogP contribution is 2.28. The van der Waals surface area contributed by atoms with Crippen LogP contribution in [0.3, 0.4) is 0 Å². The number of hydrogen-bond donors (Lipinski definition) is 0. The fourth-order valence-corrected chi connectivity index (χ4v) is 1.34. The quantitative estimate of drug-likeness (QED) is 0.560. The molecule has 92 valence electrons. The van der Waals surface area contributed by atoms with Crippen LogP contribution in [0.15, 0.2) is 30.4 Å². The molecule has 0 amide bonds. The minimum atomic E-state index is 0.0109. The zero-order valence-electron chi connectivity index (χ0n) is 10.6. The van der Waals surface area contributed by atoms with Gasteiger partial charge < -0.3 is 9.47 Å². The minimum absolute atomic E-state index is 0.0109. The van der Waals surface area contributed by atoms with Crippen molar-refractivity contribution in [3.63, 3.8) is 0 Å². The summed E-state index contributed by atoms with van der Waals surface area (Å²) in [6.45, 7) is 7.85. The van der Waals surface area contributed by atoms with Crippen molar-refractivity contribution in [1.82, 2.24) is 0 Å². The Balaban J connectivity index is 2.78. The summed E-state index contributed by atoms with van der Waals surface area (Å²) >= 11 is 0. The number of rotatable bonds is 6. The van der Waals surface area contributed by atoms with E-state index >= 15 is 0 Å². The average molecular weight is 234 g/mol. The van der Waals surface area contributed by atoms with Gasteiger partial charge in [0, 0.05) is 12.0 Å². The van der Waals surface area contributed by atoms with Crippen molar-refractivity contribution < 1.29 is 14.3 Å². The van der Waals surface area contributed by atoms with Gasteiger partial charge in [0.25, 0.3) is 0 Å². The van der Waals surface area contributed by atoms with Gasteiger partial charge in [0.05, 0.1) is 13.7 Å². The molecule has 0 saturated carbocycles. The SMILES string of the molecule is C=C(C)CCOc1ccc(C(C)=O)cc1OC. The molecule has 1 rings (SSSR count). The van der Waals surface area contributed by atoms with Crippen molar-refractivity contribution in [3.05, 3.63) is 35.9 Å². The molecule has 0 fully saturated rings. The first-order chi connectivity index (χ1) is 8.04. The number of carbonyl (C=O) groups is 1. The number of ketones is 1. The maximum atomic E-state index is 11.2. The molecule has 0 aliphatic heterocycles. The molecule has 1 aromatic carbocycles. The lowest BCUT2D eigenvalue weighted by molar-refractivity contribution is 0.101. The number of carbonyl (C=O) groups excluding carboxylic acids is 1. The van der Waals surface area contributed by atoms with E-state index in [1.807, 2.05) is 6.92 Å². The van der Waals surface area contributed by atoms with Crippen LogP contribution in [0.25, 0.3) is 0 Å². The zero-order valence-corrected chi connectivity index (χ0v) is 10.6. The molecule has 0 radical (unpaired) electrons. The van der Waals surface area contributed by atoms with Crippen LogP contribution in [0.5, 0.6) is 11.5 Å². The molecule has 0 heterocycles. The van der Waals surface area contributed by atoms with Gasteiger partial charge in [-0.05, 0) is 32.0 Å². The van der Waals surface area contributed by atoms with Crippen LogP contribution in [0.2, 0.25) is 0 Å². The number of hydrogen-bond acceptors (Lipinski definition) is 3. The molecule has 0 aliphatic carbocycles. The molecule has 0 unspecified atom stereocenters. The van der Waals surface area contributed by atoms with E-state index in [2.05, 4.69) is 6.58 Å². The van der Waals surface area contributed by atoms with E-state index in [0.717, 1.165) is 12.0 Å². The fourth-order valence-electron chi connectivity index (χ4n) is 1.34. The molecule has 17 heavy (non-hydrogen) atoms. The van der Waals surface area contributed by atoms with E-state index < -0.39 is 0 Å². The Hall–Kier alpha value is -1.77. The first-order valence-corrected chi connectivity index (χ1v) is 5.50. The maximum Gasteiger partial charge on any atom is 0.161 e. The van der Waals surface area contributed by atoms with Crippen molar-refractivity contribution in [2.45, 2.75) is 20.3 Å². The summed E-state index contributed by atoms with van der Waals surface area (Å²) < 4.78 is 10.8. The molecular weight excluding hydrogens is 216 g/mol. The zero-order chi connectivity index (χ0) is 12.8. The van der Waals surface area contributed by atoms with Gasteiger partial charge in [-0.1, -0.05) is 5.57 Å². The molecule has 0 N–H and O–H groups in total. The van der Waals surface area contributed by atoms with Crippen molar-refractivity contribution in [1.29, 1.82) is 0 Å². The third-order valence-corrected chi connectivity index (χ3v) is 2.36. The first kappa shape index (κ1) is 13.3. The second kappa shape index (κ2) is 6.09. The molecule has 0 spiro atoms. The normalized spacial score (nSPS) is 9.82. The van der Waals surface area contributed by atoms with Crippen LogP contribution in [0.4, 0.5) is 0 Å². The van der Waals surface area contributed by atoms with E-state index in [1.54, 1.807) is 25.3 Å². The van der Waals surface area contributed by atoms with E-state index in [9.17, 15) is 4.79 Å². The van der Waals surface area contributed by atoms with Crippen molar-refractivity contribution >= 4 is 5.78 Å². The second-order valence-electron chi connectivity index (χ2n) is 3.98. The van der Waals surface area contributed by atoms with Gasteiger partial charge in [-0.3, -0.25) is 4.79 Å². The lowest BCUT2D eigenvalue weighted by Gasteiger charge is -2.11. The lowest BCUT2D eigenvalue weighted by atomic mass is 10.1. The molecule has 0 bridgehead atoms. The highest BCUT2D eigenvalue weighted by molar-refractivity contribution is 5.94. The van der Waals surface area contributed by atoms with Crippen LogP contribution in [-0.4, -0.2) is 19.5 Å². The van der Waals surface area contributed by atoms with Crippen molar-refractivity contribution in [2.24, 2.45) is 0 Å². The third kappa shape index (κ3) is 3.94. The van der Waals surface area contributed by atoms with Crippen molar-refractivity contribution in [2.75, 3.05) is 13.7 Å². The minimum Gasteiger partial charge on any atom is -0.493 e. The van der Waals surface area contributed by atoms with Crippen LogP contribution in [-0.2, 0) is 0 Å². The summed E-state index contributed by atoms with van der Waals surface area (Å²) in [5, 5.41) is 0. The summed E-state index contributed by atoms with van der Waals surface area (Å²) in [4.78, 5) is 11.2. The largest absolute Gasteiger partial charge is 0.493 e. The van der Waals surface area contributed by atoms with Crippen LogP contribution in [0.1, 0.15) is 30.6 Å². The van der Waals surface area contributed by atoms with Gasteiger partial charge in [0.2, 0.25) is 0 Å². The highest BCUT2D eigenvalue weighted by atomic mass is 16.5. The molecule has 0 aliphatic rings. The molecule has 3 nitrogen and oxygen atoms in total. The van der Waals surface area contributed by atoms with Gasteiger partial charge >= 0.3 is 0 Å². The second-order valence-corrected chi connectivity index (χ2v) is 3.98. The first-order valence-electron chi connectivity index (χ1n) is 5.50. The van der Waals surface area contributed by atoms with E-state index in [-0.39, 0.29) is 5.78 Å². The number of Topliss-reactive ketones (excluding diaryl/α,β-unsaturated/α-hetero) is 1. The Kier molecular flexibility index (Phi) is 4.76. The third-order valence-electron chi connectivity index (χ3n) is 2.36. The highest BCUT2D eigenvalue weighted by Gasteiger charge is 2.08. The Labute approximate surface area is 102 Å². The average Bonchev–Trinajstić information content (AvgIpc) is 2.28. The van der Waals surface area contributed by atoms with E-state index in [0.29, 0.717) is 23.7 Å². The predicted molar refractivity (Wildman–Crippen MR) is 67.9 cm³/mol. The monoisotopic (exact) mass is 234 g/mol. The predicted octanol–water partition coefficient (Wildman–Crippen LogP) is 3.24. The lowest BCUT2D eigenvalue weighted by Crippen LogP contribution is -2.01. The van der Waals surface area contributed by atoms with Crippen LogP contribution >= 0.6 is 0 Å². The van der Waals surface area contributed by atoms with Crippen LogP contribution in [0, 0.1) is 0 Å². The number of benzene rings is 1. The van der Waals surface area contributed by atoms with Gasteiger partial charge in [-0.25, -0.2) is 0 Å². The van der Waals surface area contributed by atoms with Gasteiger partial charge in [-0.15, -0.1) is 6.58 Å². The standard InChI is InChI=1S/C14H18O3/c1-10(2)7-8-17-13-6-5-12(11(3)15)9-14(13)16-4/h5-6,9H,1,7-8H2,2-4H3. The topological polar surface area (TPSA) is 35.5 Å². The molecular formula is C14H18O3. The molecule has 0 atom stereocenters. The van der Waals surface area contributed by atoms with Gasteiger partial charge in [-0.2, -0.15) is 0 Å². The Morgan fingerprint density at radius 3 is 2.53 bits per heavy atom. The molecule has 1 aromatic rings. The molecule has 0 saturated heterocycles. The van der Waals surface area contributed by atoms with E-state index in [1.165, 1.54) is 6.92 Å². The Bertz CT molecular complexity index is 421. The molecule has 0 aromatic heterocycles. The van der Waals surface area contributed by atoms with Gasteiger partial charge in [0.15, 0.2) is 17.3 Å². The molecule has 3 heteroatoms. The Morgan fingerprint density at radius 2 is 2.00 bits per heavy atom. The van der Waals surface area contributed by atoms with Crippen LogP contribution < -0.4 is 9.47 Å². The smallest absolute Gasteiger partial charge is 0.161 e. The number of methoxy groups -OCH3 is 1. The Morgan fingerprint density at radius 1 is 1.29 bits per heavy atom.